The van der Waals surface area contributed by atoms with Gasteiger partial charge in [0.2, 0.25) is 0 Å². The van der Waals surface area contributed by atoms with Crippen molar-refractivity contribution in [2.45, 2.75) is 45.1 Å². The maximum absolute atomic E-state index is 13.1. The number of methoxy groups -OCH3 is 1. The van der Waals surface area contributed by atoms with Gasteiger partial charge in [0.1, 0.15) is 29.4 Å². The first-order valence-corrected chi connectivity index (χ1v) is 9.51. The van der Waals surface area contributed by atoms with Gasteiger partial charge in [0, 0.05) is 24.9 Å². The lowest BCUT2D eigenvalue weighted by atomic mass is 9.88. The second-order valence-corrected chi connectivity index (χ2v) is 7.42. The van der Waals surface area contributed by atoms with Gasteiger partial charge in [0.05, 0.1) is 6.61 Å². The van der Waals surface area contributed by atoms with Crippen LogP contribution in [0.2, 0.25) is 0 Å². The van der Waals surface area contributed by atoms with Crippen molar-refractivity contribution in [1.29, 1.82) is 0 Å². The van der Waals surface area contributed by atoms with E-state index >= 15 is 0 Å². The van der Waals surface area contributed by atoms with Crippen LogP contribution in [0.1, 0.15) is 38.0 Å². The zero-order chi connectivity index (χ0) is 20.1. The molecule has 0 spiro atoms. The molecule has 2 aromatic carbocycles. The van der Waals surface area contributed by atoms with Gasteiger partial charge >= 0.3 is 0 Å². The van der Waals surface area contributed by atoms with Crippen molar-refractivity contribution in [3.63, 3.8) is 0 Å². The van der Waals surface area contributed by atoms with Crippen LogP contribution in [-0.4, -0.2) is 25.4 Å². The second-order valence-electron chi connectivity index (χ2n) is 7.42. The molecule has 0 aliphatic carbocycles. The van der Waals surface area contributed by atoms with Crippen LogP contribution in [0.15, 0.2) is 54.6 Å². The van der Waals surface area contributed by atoms with E-state index in [1.165, 1.54) is 12.1 Å². The molecule has 5 heteroatoms. The molecule has 0 fully saturated rings. The van der Waals surface area contributed by atoms with Crippen LogP contribution in [0.4, 0.5) is 10.1 Å². The predicted molar refractivity (Wildman–Crippen MR) is 109 cm³/mol. The lowest BCUT2D eigenvalue weighted by molar-refractivity contribution is -0.148. The average molecular weight is 385 g/mol. The van der Waals surface area contributed by atoms with Crippen molar-refractivity contribution >= 4 is 5.69 Å². The van der Waals surface area contributed by atoms with E-state index in [-0.39, 0.29) is 18.0 Å². The third-order valence-electron chi connectivity index (χ3n) is 4.92. The number of halogens is 1. The third kappa shape index (κ3) is 4.54. The summed E-state index contributed by atoms with van der Waals surface area (Å²) in [5.41, 5.74) is 2.39. The fourth-order valence-corrected chi connectivity index (χ4v) is 3.44. The van der Waals surface area contributed by atoms with Crippen molar-refractivity contribution < 1.29 is 18.6 Å². The van der Waals surface area contributed by atoms with E-state index in [4.69, 9.17) is 14.2 Å². The van der Waals surface area contributed by atoms with Gasteiger partial charge in [-0.1, -0.05) is 24.3 Å². The standard InChI is InChI=1S/C23H28FNO3/c1-5-6-13-27-22-21(26-4)19-14-18(11-12-20(19)28-23(22,2)3)25-15-16-7-9-17(24)10-8-16/h5-12,14,21-22,25H,13,15H2,1-4H3/b6-5+. The van der Waals surface area contributed by atoms with Gasteiger partial charge in [-0.15, -0.1) is 0 Å². The Bertz CT molecular complexity index is 817. The van der Waals surface area contributed by atoms with Crippen molar-refractivity contribution in [2.75, 3.05) is 19.0 Å². The maximum Gasteiger partial charge on any atom is 0.132 e. The van der Waals surface area contributed by atoms with Gasteiger partial charge in [-0.3, -0.25) is 0 Å². The van der Waals surface area contributed by atoms with Crippen molar-refractivity contribution in [1.82, 2.24) is 0 Å². The summed E-state index contributed by atoms with van der Waals surface area (Å²) in [5.74, 6) is 0.569. The molecule has 2 atom stereocenters. The molecule has 150 valence electrons. The third-order valence-corrected chi connectivity index (χ3v) is 4.92. The van der Waals surface area contributed by atoms with Crippen LogP contribution < -0.4 is 10.1 Å². The van der Waals surface area contributed by atoms with Gasteiger partial charge < -0.3 is 19.5 Å². The maximum atomic E-state index is 13.1. The SMILES string of the molecule is C/C=C/COC1C(OC)c2cc(NCc3ccc(F)cc3)ccc2OC1(C)C. The van der Waals surface area contributed by atoms with E-state index in [2.05, 4.69) is 5.32 Å². The lowest BCUT2D eigenvalue weighted by Crippen LogP contribution is -2.50. The summed E-state index contributed by atoms with van der Waals surface area (Å²) in [7, 11) is 1.69. The molecule has 0 saturated heterocycles. The highest BCUT2D eigenvalue weighted by molar-refractivity contribution is 5.53. The summed E-state index contributed by atoms with van der Waals surface area (Å²) in [5, 5.41) is 3.38. The smallest absolute Gasteiger partial charge is 0.132 e. The molecular weight excluding hydrogens is 357 g/mol. The molecule has 0 amide bonds. The van der Waals surface area contributed by atoms with Crippen LogP contribution >= 0.6 is 0 Å². The molecule has 2 unspecified atom stereocenters. The Morgan fingerprint density at radius 1 is 1.18 bits per heavy atom. The molecule has 4 nitrogen and oxygen atoms in total. The van der Waals surface area contributed by atoms with E-state index in [0.29, 0.717) is 13.2 Å². The summed E-state index contributed by atoms with van der Waals surface area (Å²) in [4.78, 5) is 0. The number of allylic oxidation sites excluding steroid dienone is 1. The van der Waals surface area contributed by atoms with E-state index in [1.807, 2.05) is 51.1 Å². The molecule has 0 saturated carbocycles. The quantitative estimate of drug-likeness (QED) is 0.660. The zero-order valence-electron chi connectivity index (χ0n) is 16.9. The number of hydrogen-bond donors (Lipinski definition) is 1. The molecule has 3 rings (SSSR count). The van der Waals surface area contributed by atoms with E-state index in [0.717, 1.165) is 22.6 Å². The average Bonchev–Trinajstić information content (AvgIpc) is 2.67. The Labute approximate surface area is 166 Å². The zero-order valence-corrected chi connectivity index (χ0v) is 16.9. The predicted octanol–water partition coefficient (Wildman–Crippen LogP) is 5.26. The summed E-state index contributed by atoms with van der Waals surface area (Å²) < 4.78 is 31.2. The monoisotopic (exact) mass is 385 g/mol. The van der Waals surface area contributed by atoms with Gasteiger partial charge in [-0.05, 0) is 56.7 Å². The number of rotatable bonds is 7. The molecule has 28 heavy (non-hydrogen) atoms. The normalized spacial score (nSPS) is 20.6. The number of anilines is 1. The number of fused-ring (bicyclic) bond motifs is 1. The molecule has 1 heterocycles. The van der Waals surface area contributed by atoms with Crippen molar-refractivity contribution in [3.05, 3.63) is 71.6 Å². The molecule has 1 aliphatic rings. The first-order chi connectivity index (χ1) is 13.4. The topological polar surface area (TPSA) is 39.7 Å². The molecule has 0 radical (unpaired) electrons. The number of hydrogen-bond acceptors (Lipinski definition) is 4. The second kappa shape index (κ2) is 8.76. The largest absolute Gasteiger partial charge is 0.485 e. The van der Waals surface area contributed by atoms with Crippen LogP contribution in [0.3, 0.4) is 0 Å². The summed E-state index contributed by atoms with van der Waals surface area (Å²) in [6, 6.07) is 12.4. The summed E-state index contributed by atoms with van der Waals surface area (Å²) in [6.45, 7) is 7.11. The molecule has 2 aromatic rings. The Kier molecular flexibility index (Phi) is 6.37. The van der Waals surface area contributed by atoms with Crippen LogP contribution in [0, 0.1) is 5.82 Å². The highest BCUT2D eigenvalue weighted by atomic mass is 19.1. The fourth-order valence-electron chi connectivity index (χ4n) is 3.44. The molecule has 1 aliphatic heterocycles. The Balaban J connectivity index is 1.80. The summed E-state index contributed by atoms with van der Waals surface area (Å²) >= 11 is 0. The Hall–Kier alpha value is -2.37. The van der Waals surface area contributed by atoms with Crippen molar-refractivity contribution in [2.24, 2.45) is 0 Å². The van der Waals surface area contributed by atoms with Gasteiger partial charge in [0.25, 0.3) is 0 Å². The minimum absolute atomic E-state index is 0.232. The van der Waals surface area contributed by atoms with Crippen LogP contribution in [0.5, 0.6) is 5.75 Å². The minimum Gasteiger partial charge on any atom is -0.485 e. The van der Waals surface area contributed by atoms with E-state index in [9.17, 15) is 4.39 Å². The summed E-state index contributed by atoms with van der Waals surface area (Å²) in [6.07, 6.45) is 3.45. The van der Waals surface area contributed by atoms with Gasteiger partial charge in [-0.2, -0.15) is 0 Å². The first kappa shape index (κ1) is 20.4. The molecule has 0 aromatic heterocycles. The van der Waals surface area contributed by atoms with E-state index in [1.54, 1.807) is 19.2 Å². The Morgan fingerprint density at radius 2 is 1.93 bits per heavy atom. The molecule has 1 N–H and O–H groups in total. The van der Waals surface area contributed by atoms with Crippen LogP contribution in [-0.2, 0) is 16.0 Å². The number of benzene rings is 2. The molecule has 0 bridgehead atoms. The van der Waals surface area contributed by atoms with Crippen LogP contribution in [0.25, 0.3) is 0 Å². The minimum atomic E-state index is -0.516. The lowest BCUT2D eigenvalue weighted by Gasteiger charge is -2.43. The first-order valence-electron chi connectivity index (χ1n) is 9.51. The Morgan fingerprint density at radius 3 is 2.61 bits per heavy atom. The van der Waals surface area contributed by atoms with Crippen molar-refractivity contribution in [3.8, 4) is 5.75 Å². The van der Waals surface area contributed by atoms with Gasteiger partial charge in [-0.25, -0.2) is 4.39 Å². The fraction of sp³-hybridized carbons (Fsp3) is 0.391. The van der Waals surface area contributed by atoms with Gasteiger partial charge in [0.15, 0.2) is 0 Å². The number of ether oxygens (including phenoxy) is 3. The highest BCUT2D eigenvalue weighted by Gasteiger charge is 2.45. The van der Waals surface area contributed by atoms with E-state index < -0.39 is 5.60 Å². The number of nitrogens with one attached hydrogen (secondary N) is 1. The molecular formula is C23H28FNO3. The highest BCUT2D eigenvalue weighted by Crippen LogP contribution is 2.44.